The van der Waals surface area contributed by atoms with E-state index in [9.17, 15) is 9.59 Å². The van der Waals surface area contributed by atoms with Crippen LogP contribution in [0.5, 0.6) is 11.5 Å². The largest absolute Gasteiger partial charge is 0.493 e. The number of rotatable bonds is 7. The number of nitrogens with one attached hydrogen (secondary N) is 1. The third-order valence-electron chi connectivity index (χ3n) is 2.96. The van der Waals surface area contributed by atoms with Crippen LogP contribution in [-0.4, -0.2) is 37.2 Å². The van der Waals surface area contributed by atoms with Gasteiger partial charge in [0.05, 0.1) is 14.2 Å². The molecule has 0 aliphatic heterocycles. The molecule has 0 radical (unpaired) electrons. The average molecular weight is 295 g/mol. The smallest absolute Gasteiger partial charge is 0.326 e. The Balaban J connectivity index is 2.89. The Morgan fingerprint density at radius 1 is 1.19 bits per heavy atom. The molecule has 0 aromatic heterocycles. The van der Waals surface area contributed by atoms with Gasteiger partial charge >= 0.3 is 5.97 Å². The molecular weight excluding hydrogens is 274 g/mol. The second-order valence-corrected chi connectivity index (χ2v) is 5.06. The third-order valence-corrected chi connectivity index (χ3v) is 2.96. The normalized spacial score (nSPS) is 11.9. The fraction of sp³-hybridized carbons (Fsp3) is 0.467. The van der Waals surface area contributed by atoms with Crippen molar-refractivity contribution in [2.24, 2.45) is 5.92 Å². The molecule has 0 bridgehead atoms. The van der Waals surface area contributed by atoms with Crippen LogP contribution in [0.3, 0.4) is 0 Å². The molecule has 1 aromatic rings. The lowest BCUT2D eigenvalue weighted by molar-refractivity contribution is -0.139. The summed E-state index contributed by atoms with van der Waals surface area (Å²) >= 11 is 0. The summed E-state index contributed by atoms with van der Waals surface area (Å²) in [5.74, 6) is -0.412. The van der Waals surface area contributed by atoms with E-state index in [1.807, 2.05) is 13.8 Å². The van der Waals surface area contributed by atoms with Crippen molar-refractivity contribution >= 4 is 11.9 Å². The quantitative estimate of drug-likeness (QED) is 0.803. The maximum atomic E-state index is 12.1. The predicted octanol–water partition coefficient (Wildman–Crippen LogP) is 1.93. The van der Waals surface area contributed by atoms with Gasteiger partial charge in [0, 0.05) is 5.56 Å². The Hall–Kier alpha value is -2.24. The fourth-order valence-electron chi connectivity index (χ4n) is 1.91. The summed E-state index contributed by atoms with van der Waals surface area (Å²) in [7, 11) is 2.97. The number of ether oxygens (including phenoxy) is 2. The van der Waals surface area contributed by atoms with E-state index in [-0.39, 0.29) is 5.92 Å². The first kappa shape index (κ1) is 16.8. The molecule has 1 rings (SSSR count). The molecule has 1 aromatic carbocycles. The third kappa shape index (κ3) is 4.66. The van der Waals surface area contributed by atoms with Crippen molar-refractivity contribution in [2.75, 3.05) is 14.2 Å². The maximum Gasteiger partial charge on any atom is 0.326 e. The van der Waals surface area contributed by atoms with E-state index in [0.29, 0.717) is 23.5 Å². The zero-order chi connectivity index (χ0) is 16.0. The van der Waals surface area contributed by atoms with Crippen molar-refractivity contribution < 1.29 is 24.2 Å². The van der Waals surface area contributed by atoms with Crippen LogP contribution in [0.2, 0.25) is 0 Å². The van der Waals surface area contributed by atoms with Gasteiger partial charge in [-0.1, -0.05) is 13.8 Å². The number of carboxylic acid groups (broad SMARTS) is 1. The molecule has 0 unspecified atom stereocenters. The van der Waals surface area contributed by atoms with Crippen molar-refractivity contribution in [2.45, 2.75) is 26.3 Å². The van der Waals surface area contributed by atoms with Gasteiger partial charge in [0.2, 0.25) is 0 Å². The highest BCUT2D eigenvalue weighted by Gasteiger charge is 2.22. The molecule has 1 atom stereocenters. The van der Waals surface area contributed by atoms with Gasteiger partial charge in [-0.25, -0.2) is 4.79 Å². The van der Waals surface area contributed by atoms with Crippen LogP contribution in [0.25, 0.3) is 0 Å². The van der Waals surface area contributed by atoms with E-state index in [1.165, 1.54) is 20.3 Å². The Labute approximate surface area is 124 Å². The number of carbonyl (C=O) groups is 2. The number of amides is 1. The summed E-state index contributed by atoms with van der Waals surface area (Å²) in [4.78, 5) is 23.3. The van der Waals surface area contributed by atoms with Gasteiger partial charge in [0.15, 0.2) is 11.5 Å². The number of benzene rings is 1. The zero-order valence-electron chi connectivity index (χ0n) is 12.7. The summed E-state index contributed by atoms with van der Waals surface area (Å²) in [5.41, 5.74) is 0.322. The van der Waals surface area contributed by atoms with Gasteiger partial charge in [-0.2, -0.15) is 0 Å². The van der Waals surface area contributed by atoms with Crippen LogP contribution in [-0.2, 0) is 4.79 Å². The first-order chi connectivity index (χ1) is 9.88. The van der Waals surface area contributed by atoms with Crippen LogP contribution in [0.4, 0.5) is 0 Å². The Kier molecular flexibility index (Phi) is 6.02. The summed E-state index contributed by atoms with van der Waals surface area (Å²) in [6, 6.07) is 3.77. The highest BCUT2D eigenvalue weighted by atomic mass is 16.5. The van der Waals surface area contributed by atoms with Crippen molar-refractivity contribution in [3.63, 3.8) is 0 Å². The SMILES string of the molecule is COc1ccc(C(=O)N[C@H](CC(C)C)C(=O)O)cc1OC. The standard InChI is InChI=1S/C15H21NO5/c1-9(2)7-11(15(18)19)16-14(17)10-5-6-12(20-3)13(8-10)21-4/h5-6,8-9,11H,7H2,1-4H3,(H,16,17)(H,18,19)/t11-/m1/s1. The van der Waals surface area contributed by atoms with Gasteiger partial charge in [-0.05, 0) is 30.5 Å². The molecule has 0 heterocycles. The number of aliphatic carboxylic acids is 1. The molecule has 1 amide bonds. The Morgan fingerprint density at radius 2 is 1.81 bits per heavy atom. The number of carboxylic acids is 1. The zero-order valence-corrected chi connectivity index (χ0v) is 12.7. The van der Waals surface area contributed by atoms with E-state index in [2.05, 4.69) is 5.32 Å². The van der Waals surface area contributed by atoms with Crippen molar-refractivity contribution in [1.82, 2.24) is 5.32 Å². The molecular formula is C15H21NO5. The number of methoxy groups -OCH3 is 2. The average Bonchev–Trinajstić information content (AvgIpc) is 2.45. The first-order valence-electron chi connectivity index (χ1n) is 6.64. The lowest BCUT2D eigenvalue weighted by Gasteiger charge is -2.17. The minimum Gasteiger partial charge on any atom is -0.493 e. The van der Waals surface area contributed by atoms with Gasteiger partial charge in [0.25, 0.3) is 5.91 Å². The van der Waals surface area contributed by atoms with Crippen molar-refractivity contribution in [1.29, 1.82) is 0 Å². The van der Waals surface area contributed by atoms with Gasteiger partial charge in [0.1, 0.15) is 6.04 Å². The topological polar surface area (TPSA) is 84.9 Å². The van der Waals surface area contributed by atoms with E-state index in [1.54, 1.807) is 12.1 Å². The molecule has 6 heteroatoms. The number of hydrogen-bond acceptors (Lipinski definition) is 4. The van der Waals surface area contributed by atoms with E-state index >= 15 is 0 Å². The second kappa shape index (κ2) is 7.52. The molecule has 0 aliphatic rings. The van der Waals surface area contributed by atoms with Crippen molar-refractivity contribution in [3.05, 3.63) is 23.8 Å². The second-order valence-electron chi connectivity index (χ2n) is 5.06. The molecule has 0 fully saturated rings. The summed E-state index contributed by atoms with van der Waals surface area (Å²) in [5, 5.41) is 11.7. The lowest BCUT2D eigenvalue weighted by Crippen LogP contribution is -2.41. The van der Waals surface area contributed by atoms with E-state index in [0.717, 1.165) is 0 Å². The van der Waals surface area contributed by atoms with Crippen LogP contribution in [0, 0.1) is 5.92 Å². The molecule has 0 saturated carbocycles. The fourth-order valence-corrected chi connectivity index (χ4v) is 1.91. The Bertz CT molecular complexity index is 513. The van der Waals surface area contributed by atoms with Gasteiger partial charge in [-0.15, -0.1) is 0 Å². The minimum atomic E-state index is -1.04. The molecule has 0 aliphatic carbocycles. The van der Waals surface area contributed by atoms with E-state index < -0.39 is 17.9 Å². The summed E-state index contributed by atoms with van der Waals surface area (Å²) < 4.78 is 10.2. The van der Waals surface area contributed by atoms with Crippen LogP contribution in [0.15, 0.2) is 18.2 Å². The predicted molar refractivity (Wildman–Crippen MR) is 77.9 cm³/mol. The van der Waals surface area contributed by atoms with Crippen LogP contribution in [0.1, 0.15) is 30.6 Å². The highest BCUT2D eigenvalue weighted by molar-refractivity contribution is 5.97. The van der Waals surface area contributed by atoms with E-state index in [4.69, 9.17) is 14.6 Å². The van der Waals surface area contributed by atoms with Crippen molar-refractivity contribution in [3.8, 4) is 11.5 Å². The molecule has 0 spiro atoms. The first-order valence-corrected chi connectivity index (χ1v) is 6.64. The van der Waals surface area contributed by atoms with Gasteiger partial charge in [-0.3, -0.25) is 4.79 Å². The molecule has 2 N–H and O–H groups in total. The number of hydrogen-bond donors (Lipinski definition) is 2. The summed E-state index contributed by atoms with van der Waals surface area (Å²) in [6.07, 6.45) is 0.369. The molecule has 6 nitrogen and oxygen atoms in total. The van der Waals surface area contributed by atoms with Gasteiger partial charge < -0.3 is 19.9 Å². The molecule has 0 saturated heterocycles. The highest BCUT2D eigenvalue weighted by Crippen LogP contribution is 2.27. The number of carbonyl (C=O) groups excluding carboxylic acids is 1. The lowest BCUT2D eigenvalue weighted by atomic mass is 10.0. The van der Waals surface area contributed by atoms with Crippen LogP contribution >= 0.6 is 0 Å². The minimum absolute atomic E-state index is 0.164. The maximum absolute atomic E-state index is 12.1. The molecule has 116 valence electrons. The summed E-state index contributed by atoms with van der Waals surface area (Å²) in [6.45, 7) is 3.80. The molecule has 21 heavy (non-hydrogen) atoms. The monoisotopic (exact) mass is 295 g/mol. The van der Waals surface area contributed by atoms with Crippen LogP contribution < -0.4 is 14.8 Å². The Morgan fingerprint density at radius 3 is 2.29 bits per heavy atom.